The van der Waals surface area contributed by atoms with E-state index in [1.165, 1.54) is 12.3 Å². The molecule has 9 heteroatoms. The molecule has 0 saturated carbocycles. The molecule has 0 aliphatic heterocycles. The number of nitrogens with one attached hydrogen (secondary N) is 3. The van der Waals surface area contributed by atoms with Gasteiger partial charge in [0.15, 0.2) is 0 Å². The molecule has 2 rings (SSSR count). The summed E-state index contributed by atoms with van der Waals surface area (Å²) in [6, 6.07) is 0.876. The van der Waals surface area contributed by atoms with Crippen LogP contribution >= 0.6 is 11.6 Å². The molecule has 2 aromatic rings. The maximum Gasteiger partial charge on any atom is 0.242 e. The Labute approximate surface area is 128 Å². The Morgan fingerprint density at radius 3 is 2.76 bits per heavy atom. The number of nitrogens with zero attached hydrogens (tertiary/aromatic N) is 2. The third-order valence-electron chi connectivity index (χ3n) is 2.73. The number of sulfonamides is 1. The van der Waals surface area contributed by atoms with Crippen molar-refractivity contribution in [2.24, 2.45) is 0 Å². The molecule has 7 nitrogen and oxygen atoms in total. The van der Waals surface area contributed by atoms with Gasteiger partial charge >= 0.3 is 0 Å². The van der Waals surface area contributed by atoms with Gasteiger partial charge in [0.2, 0.25) is 10.0 Å². The van der Waals surface area contributed by atoms with Gasteiger partial charge in [-0.05, 0) is 19.9 Å². The first kappa shape index (κ1) is 15.7. The second-order valence-corrected chi connectivity index (χ2v) is 6.47. The van der Waals surface area contributed by atoms with Gasteiger partial charge < -0.3 is 10.3 Å². The second-order valence-electron chi connectivity index (χ2n) is 4.35. The molecule has 0 aliphatic rings. The highest BCUT2D eigenvalue weighted by Crippen LogP contribution is 2.23. The first-order chi connectivity index (χ1) is 9.94. The minimum Gasteiger partial charge on any atom is -0.369 e. The summed E-state index contributed by atoms with van der Waals surface area (Å²) >= 11 is 6.01. The van der Waals surface area contributed by atoms with Crippen LogP contribution in [0.25, 0.3) is 0 Å². The summed E-state index contributed by atoms with van der Waals surface area (Å²) in [5.41, 5.74) is 0. The highest BCUT2D eigenvalue weighted by Gasteiger charge is 2.21. The monoisotopic (exact) mass is 329 g/mol. The first-order valence-corrected chi connectivity index (χ1v) is 8.21. The van der Waals surface area contributed by atoms with E-state index in [4.69, 9.17) is 11.6 Å². The predicted octanol–water partition coefficient (Wildman–Crippen LogP) is 1.93. The summed E-state index contributed by atoms with van der Waals surface area (Å²) in [6.07, 6.45) is 4.45. The molecular formula is C12H16ClN5O2S. The lowest BCUT2D eigenvalue weighted by Gasteiger charge is -2.13. The van der Waals surface area contributed by atoms with Crippen molar-refractivity contribution in [1.29, 1.82) is 0 Å². The summed E-state index contributed by atoms with van der Waals surface area (Å²) in [4.78, 5) is 10.9. The van der Waals surface area contributed by atoms with E-state index in [9.17, 15) is 8.42 Å². The quantitative estimate of drug-likeness (QED) is 0.752. The van der Waals surface area contributed by atoms with E-state index in [1.54, 1.807) is 19.3 Å². The van der Waals surface area contributed by atoms with E-state index in [2.05, 4.69) is 25.0 Å². The normalized spacial score (nSPS) is 13.1. The number of aromatic nitrogens is 3. The SMILES string of the molecule is CCNc1ncc(S(=O)(=O)NC(C)c2ncc[nH]2)cc1Cl. The van der Waals surface area contributed by atoms with Crippen LogP contribution in [0.2, 0.25) is 5.02 Å². The lowest BCUT2D eigenvalue weighted by atomic mass is 10.3. The first-order valence-electron chi connectivity index (χ1n) is 6.35. The smallest absolute Gasteiger partial charge is 0.242 e. The fourth-order valence-electron chi connectivity index (χ4n) is 1.74. The zero-order chi connectivity index (χ0) is 15.5. The minimum atomic E-state index is -3.72. The predicted molar refractivity (Wildman–Crippen MR) is 80.7 cm³/mol. The van der Waals surface area contributed by atoms with E-state index in [1.807, 2.05) is 6.92 Å². The number of aromatic amines is 1. The van der Waals surface area contributed by atoms with E-state index < -0.39 is 16.1 Å². The Morgan fingerprint density at radius 2 is 2.19 bits per heavy atom. The fourth-order valence-corrected chi connectivity index (χ4v) is 3.21. The number of imidazole rings is 1. The van der Waals surface area contributed by atoms with E-state index >= 15 is 0 Å². The number of H-pyrrole nitrogens is 1. The zero-order valence-electron chi connectivity index (χ0n) is 11.6. The topological polar surface area (TPSA) is 99.8 Å². The minimum absolute atomic E-state index is 0.00700. The average molecular weight is 330 g/mol. The van der Waals surface area contributed by atoms with Gasteiger partial charge in [-0.25, -0.2) is 23.1 Å². The van der Waals surface area contributed by atoms with Crippen molar-refractivity contribution in [3.05, 3.63) is 35.5 Å². The summed E-state index contributed by atoms with van der Waals surface area (Å²) in [5.74, 6) is 0.985. The van der Waals surface area contributed by atoms with Crippen LogP contribution < -0.4 is 10.0 Å². The van der Waals surface area contributed by atoms with Gasteiger partial charge in [0.1, 0.15) is 16.5 Å². The van der Waals surface area contributed by atoms with Gasteiger partial charge in [0.05, 0.1) is 11.1 Å². The molecule has 0 aromatic carbocycles. The van der Waals surface area contributed by atoms with Crippen LogP contribution in [0, 0.1) is 0 Å². The molecule has 0 saturated heterocycles. The summed E-state index contributed by atoms with van der Waals surface area (Å²) in [7, 11) is -3.72. The number of anilines is 1. The molecule has 0 radical (unpaired) electrons. The van der Waals surface area contributed by atoms with E-state index in [0.29, 0.717) is 18.2 Å². The number of hydrogen-bond acceptors (Lipinski definition) is 5. The molecule has 114 valence electrons. The standard InChI is InChI=1S/C12H16ClN5O2S/c1-3-14-12-10(13)6-9(7-17-12)21(19,20)18-8(2)11-15-4-5-16-11/h4-8,18H,3H2,1-2H3,(H,14,17)(H,15,16). The summed E-state index contributed by atoms with van der Waals surface area (Å²) in [6.45, 7) is 4.24. The molecule has 3 N–H and O–H groups in total. The molecule has 0 fully saturated rings. The molecular weight excluding hydrogens is 314 g/mol. The Kier molecular flexibility index (Phi) is 4.81. The van der Waals surface area contributed by atoms with Crippen LogP contribution in [0.1, 0.15) is 25.7 Å². The lowest BCUT2D eigenvalue weighted by Crippen LogP contribution is -2.27. The molecule has 0 amide bonds. The number of pyridine rings is 1. The van der Waals surface area contributed by atoms with Crippen molar-refractivity contribution >= 4 is 27.4 Å². The van der Waals surface area contributed by atoms with Crippen LogP contribution in [0.3, 0.4) is 0 Å². The van der Waals surface area contributed by atoms with Gasteiger partial charge in [0.25, 0.3) is 0 Å². The maximum atomic E-state index is 12.3. The highest BCUT2D eigenvalue weighted by molar-refractivity contribution is 7.89. The van der Waals surface area contributed by atoms with Gasteiger partial charge in [-0.2, -0.15) is 0 Å². The van der Waals surface area contributed by atoms with Crippen LogP contribution in [0.5, 0.6) is 0 Å². The lowest BCUT2D eigenvalue weighted by molar-refractivity contribution is 0.561. The van der Waals surface area contributed by atoms with Gasteiger partial charge in [-0.15, -0.1) is 0 Å². The number of halogens is 1. The van der Waals surface area contributed by atoms with Crippen molar-refractivity contribution in [1.82, 2.24) is 19.7 Å². The Hall–Kier alpha value is -1.64. The van der Waals surface area contributed by atoms with E-state index in [-0.39, 0.29) is 9.92 Å². The number of rotatable bonds is 6. The maximum absolute atomic E-state index is 12.3. The Balaban J connectivity index is 2.21. The molecule has 0 aliphatic carbocycles. The molecule has 2 heterocycles. The Bertz CT molecular complexity index is 702. The molecule has 0 spiro atoms. The number of hydrogen-bond donors (Lipinski definition) is 3. The van der Waals surface area contributed by atoms with Gasteiger partial charge in [-0.3, -0.25) is 0 Å². The summed E-state index contributed by atoms with van der Waals surface area (Å²) < 4.78 is 27.1. The van der Waals surface area contributed by atoms with Crippen LogP contribution in [-0.4, -0.2) is 29.9 Å². The van der Waals surface area contributed by atoms with Gasteiger partial charge in [-0.1, -0.05) is 11.6 Å². The fraction of sp³-hybridized carbons (Fsp3) is 0.333. The Morgan fingerprint density at radius 1 is 1.43 bits per heavy atom. The summed E-state index contributed by atoms with van der Waals surface area (Å²) in [5, 5.41) is 3.20. The zero-order valence-corrected chi connectivity index (χ0v) is 13.2. The van der Waals surface area contributed by atoms with Crippen LogP contribution in [0.15, 0.2) is 29.6 Å². The van der Waals surface area contributed by atoms with E-state index in [0.717, 1.165) is 0 Å². The third kappa shape index (κ3) is 3.72. The molecule has 21 heavy (non-hydrogen) atoms. The van der Waals surface area contributed by atoms with Crippen LogP contribution in [-0.2, 0) is 10.0 Å². The van der Waals surface area contributed by atoms with Crippen molar-refractivity contribution < 1.29 is 8.42 Å². The van der Waals surface area contributed by atoms with Crippen molar-refractivity contribution in [2.75, 3.05) is 11.9 Å². The molecule has 1 unspecified atom stereocenters. The third-order valence-corrected chi connectivity index (χ3v) is 4.53. The molecule has 0 bridgehead atoms. The van der Waals surface area contributed by atoms with Crippen molar-refractivity contribution in [3.63, 3.8) is 0 Å². The average Bonchev–Trinajstić information content (AvgIpc) is 2.95. The van der Waals surface area contributed by atoms with Gasteiger partial charge in [0, 0.05) is 25.1 Å². The van der Waals surface area contributed by atoms with Crippen molar-refractivity contribution in [2.45, 2.75) is 24.8 Å². The molecule has 2 aromatic heterocycles. The van der Waals surface area contributed by atoms with Crippen molar-refractivity contribution in [3.8, 4) is 0 Å². The molecule has 1 atom stereocenters. The second kappa shape index (κ2) is 6.42. The van der Waals surface area contributed by atoms with Crippen LogP contribution in [0.4, 0.5) is 5.82 Å². The largest absolute Gasteiger partial charge is 0.369 e. The highest BCUT2D eigenvalue weighted by atomic mass is 35.5.